The fraction of sp³-hybridized carbons (Fsp3) is 0.250. The molecule has 0 unspecified atom stereocenters. The van der Waals surface area contributed by atoms with Gasteiger partial charge in [0.15, 0.2) is 0 Å². The van der Waals surface area contributed by atoms with Crippen LogP contribution in [0, 0.1) is 0 Å². The van der Waals surface area contributed by atoms with Crippen molar-refractivity contribution in [2.24, 2.45) is 0 Å². The zero-order chi connectivity index (χ0) is 6.27. The number of hydrogen-bond acceptors (Lipinski definition) is 0. The van der Waals surface area contributed by atoms with Crippen LogP contribution in [0.2, 0.25) is 0 Å². The Morgan fingerprint density at radius 1 is 1.18 bits per heavy atom. The van der Waals surface area contributed by atoms with E-state index < -0.39 is 0 Å². The van der Waals surface area contributed by atoms with Crippen molar-refractivity contribution >= 4 is 24.8 Å². The van der Waals surface area contributed by atoms with Crippen molar-refractivity contribution in [3.05, 3.63) is 32.7 Å². The van der Waals surface area contributed by atoms with E-state index in [9.17, 15) is 0 Å². The van der Waals surface area contributed by atoms with E-state index in [2.05, 4.69) is 18.2 Å². The zero-order valence-electron chi connectivity index (χ0n) is 5.96. The first kappa shape index (κ1) is 11.7. The maximum atomic E-state index is 2.31. The van der Waals surface area contributed by atoms with Gasteiger partial charge in [-0.1, -0.05) is 0 Å². The molecule has 0 saturated carbocycles. The van der Waals surface area contributed by atoms with Gasteiger partial charge in [0, 0.05) is 0 Å². The van der Waals surface area contributed by atoms with Crippen LogP contribution in [0.1, 0.15) is 12.8 Å². The van der Waals surface area contributed by atoms with Crippen LogP contribution < -0.4 is 0 Å². The molecule has 3 heteroatoms. The molecule has 0 aliphatic heterocycles. The Morgan fingerprint density at radius 3 is 2.18 bits per heavy atom. The molecular weight excluding hydrogens is 345 g/mol. The molecule has 0 heterocycles. The number of rotatable bonds is 1. The van der Waals surface area contributed by atoms with Gasteiger partial charge >= 0.3 is 69.9 Å². The molecule has 0 spiro atoms. The van der Waals surface area contributed by atoms with Gasteiger partial charge in [0.1, 0.15) is 0 Å². The van der Waals surface area contributed by atoms with Crippen LogP contribution in [-0.4, -0.2) is 0 Å². The van der Waals surface area contributed by atoms with Gasteiger partial charge in [-0.2, -0.15) is 0 Å². The van der Waals surface area contributed by atoms with E-state index in [1.807, 2.05) is 0 Å². The topological polar surface area (TPSA) is 0 Å². The molecule has 0 N–H and O–H groups in total. The van der Waals surface area contributed by atoms with Crippen LogP contribution >= 0.6 is 24.8 Å². The van der Waals surface area contributed by atoms with Crippen LogP contribution in [-0.2, 0) is 24.4 Å². The third kappa shape index (κ3) is 2.57. The number of hydrogen-bond donors (Lipinski definition) is 0. The van der Waals surface area contributed by atoms with Crippen LogP contribution in [0.4, 0.5) is 0 Å². The Balaban J connectivity index is 0.000000500. The summed E-state index contributed by atoms with van der Waals surface area (Å²) in [6.07, 6.45) is 9.35. The molecule has 2 rings (SSSR count). The summed E-state index contributed by atoms with van der Waals surface area (Å²) in [6, 6.07) is 0. The molecule has 0 amide bonds. The van der Waals surface area contributed by atoms with Crippen LogP contribution in [0.15, 0.2) is 32.7 Å². The zero-order valence-corrected chi connectivity index (χ0v) is 11.2. The van der Waals surface area contributed by atoms with E-state index >= 15 is 0 Å². The summed E-state index contributed by atoms with van der Waals surface area (Å²) in [7, 11) is 0. The second-order valence-electron chi connectivity index (χ2n) is 2.43. The van der Waals surface area contributed by atoms with Gasteiger partial charge in [-0.3, -0.25) is 0 Å². The van der Waals surface area contributed by atoms with Gasteiger partial charge in [0.25, 0.3) is 0 Å². The fourth-order valence-electron chi connectivity index (χ4n) is 1.08. The quantitative estimate of drug-likeness (QED) is 0.635. The molecule has 2 aliphatic carbocycles. The summed E-state index contributed by atoms with van der Waals surface area (Å²) < 4.78 is 1.68. The summed E-state index contributed by atoms with van der Waals surface area (Å²) in [4.78, 5) is 0. The molecule has 0 fully saturated rings. The third-order valence-corrected chi connectivity index (χ3v) is 3.39. The van der Waals surface area contributed by atoms with Crippen molar-refractivity contribution in [2.45, 2.75) is 12.8 Å². The standard InChI is InChI=1S/C8H7.2ClH.Hf/c1-2-4-7(3-1)8-5-6-8;;;/h1,3,5H,2,6H2;2*1H;. The molecule has 0 atom stereocenters. The van der Waals surface area contributed by atoms with Crippen molar-refractivity contribution < 1.29 is 24.4 Å². The van der Waals surface area contributed by atoms with Gasteiger partial charge in [-0.15, -0.1) is 24.8 Å². The van der Waals surface area contributed by atoms with E-state index in [1.165, 1.54) is 37.2 Å². The monoisotopic (exact) mass is 355 g/mol. The fourth-order valence-corrected chi connectivity index (χ4v) is 2.38. The number of halogens is 2. The van der Waals surface area contributed by atoms with Gasteiger partial charge in [-0.05, 0) is 0 Å². The molecule has 59 valence electrons. The van der Waals surface area contributed by atoms with E-state index in [0.717, 1.165) is 0 Å². The molecule has 0 nitrogen and oxygen atoms in total. The second-order valence-corrected chi connectivity index (χ2v) is 4.60. The van der Waals surface area contributed by atoms with Crippen LogP contribution in [0.25, 0.3) is 0 Å². The van der Waals surface area contributed by atoms with Crippen molar-refractivity contribution in [1.82, 2.24) is 0 Å². The summed E-state index contributed by atoms with van der Waals surface area (Å²) in [5, 5.41) is 0. The molecule has 0 saturated heterocycles. The average molecular weight is 355 g/mol. The molecule has 0 radical (unpaired) electrons. The van der Waals surface area contributed by atoms with E-state index in [0.29, 0.717) is 0 Å². The van der Waals surface area contributed by atoms with Crippen molar-refractivity contribution in [3.8, 4) is 0 Å². The molecule has 0 aromatic carbocycles. The molecular formula is C8H9Cl2Hf. The second kappa shape index (κ2) is 4.64. The minimum absolute atomic E-state index is 0. The summed E-state index contributed by atoms with van der Waals surface area (Å²) >= 11 is 1.25. The molecule has 0 bridgehead atoms. The first-order valence-electron chi connectivity index (χ1n) is 3.18. The third-order valence-electron chi connectivity index (χ3n) is 1.69. The Morgan fingerprint density at radius 2 is 1.82 bits per heavy atom. The van der Waals surface area contributed by atoms with Gasteiger partial charge in [0.2, 0.25) is 0 Å². The van der Waals surface area contributed by atoms with Gasteiger partial charge < -0.3 is 0 Å². The predicted octanol–water partition coefficient (Wildman–Crippen LogP) is 2.92. The number of allylic oxidation sites excluding steroid dienone is 6. The Kier molecular flexibility index (Phi) is 4.92. The summed E-state index contributed by atoms with van der Waals surface area (Å²) in [5.41, 5.74) is 3.16. The molecule has 0 aromatic rings. The van der Waals surface area contributed by atoms with Crippen LogP contribution in [0.5, 0.6) is 0 Å². The molecule has 11 heavy (non-hydrogen) atoms. The Bertz CT molecular complexity index is 238. The Hall–Kier alpha value is 0.670. The predicted molar refractivity (Wildman–Crippen MR) is 48.0 cm³/mol. The van der Waals surface area contributed by atoms with Gasteiger partial charge in [0.05, 0.1) is 0 Å². The van der Waals surface area contributed by atoms with E-state index in [-0.39, 0.29) is 24.8 Å². The van der Waals surface area contributed by atoms with E-state index in [4.69, 9.17) is 0 Å². The SMILES string of the molecule is Cl.Cl.[Hf][C]1=C(C2=CC2)C=CC1. The van der Waals surface area contributed by atoms with Crippen molar-refractivity contribution in [1.29, 1.82) is 0 Å². The maximum absolute atomic E-state index is 2.31. The Labute approximate surface area is 94.2 Å². The normalized spacial score (nSPS) is 18.6. The molecule has 0 aromatic heterocycles. The molecule has 2 aliphatic rings. The van der Waals surface area contributed by atoms with Gasteiger partial charge in [-0.25, -0.2) is 0 Å². The van der Waals surface area contributed by atoms with Crippen molar-refractivity contribution in [3.63, 3.8) is 0 Å². The average Bonchev–Trinajstić information content (AvgIpc) is 2.58. The first-order valence-corrected chi connectivity index (χ1v) is 4.98. The van der Waals surface area contributed by atoms with Crippen molar-refractivity contribution in [2.75, 3.05) is 0 Å². The summed E-state index contributed by atoms with van der Waals surface area (Å²) in [5.74, 6) is 0. The first-order chi connectivity index (χ1) is 4.38. The summed E-state index contributed by atoms with van der Waals surface area (Å²) in [6.45, 7) is 0. The minimum atomic E-state index is 0. The van der Waals surface area contributed by atoms with Crippen LogP contribution in [0.3, 0.4) is 0 Å². The van der Waals surface area contributed by atoms with E-state index in [1.54, 1.807) is 14.5 Å².